The largest absolute Gasteiger partial charge is 0.698 e. The van der Waals surface area contributed by atoms with E-state index in [1.54, 1.807) is 0 Å². The van der Waals surface area contributed by atoms with E-state index in [9.17, 15) is 0 Å². The molecule has 104 valence electrons. The Bertz CT molecular complexity index is 507. The van der Waals surface area contributed by atoms with Crippen molar-refractivity contribution < 1.29 is 26.2 Å². The second kappa shape index (κ2) is 8.29. The normalized spacial score (nSPS) is 17.6. The molecule has 1 nitrogen and oxygen atoms in total. The van der Waals surface area contributed by atoms with Crippen molar-refractivity contribution in [2.24, 2.45) is 5.92 Å². The van der Waals surface area contributed by atoms with Crippen LogP contribution in [0.4, 0.5) is 5.69 Å². The zero-order valence-corrected chi connectivity index (χ0v) is 15.8. The summed E-state index contributed by atoms with van der Waals surface area (Å²) < 4.78 is 0. The predicted octanol–water partition coefficient (Wildman–Crippen LogP) is 5.97. The van der Waals surface area contributed by atoms with Gasteiger partial charge >= 0.3 is 0 Å². The van der Waals surface area contributed by atoms with Gasteiger partial charge < -0.3 is 5.73 Å². The monoisotopic (exact) mass is 374 g/mol. The standard InChI is InChI=1S/C15H18N.2ClH.Zr/c1-9-10(2)12(4)15(11(9)3)13-7-5-6-8-14(13)16;;;/h5-8,11,16H,1-4H3;2*1H;/q-1;;;. The molecule has 0 amide bonds. The summed E-state index contributed by atoms with van der Waals surface area (Å²) in [5.74, 6) is 0.450. The molecule has 0 heterocycles. The van der Waals surface area contributed by atoms with E-state index >= 15 is 0 Å². The van der Waals surface area contributed by atoms with Crippen LogP contribution in [0.25, 0.3) is 11.3 Å². The van der Waals surface area contributed by atoms with Crippen molar-refractivity contribution in [3.8, 4) is 0 Å². The third kappa shape index (κ3) is 3.74. The Balaban J connectivity index is 0. The second-order valence-electron chi connectivity index (χ2n) is 4.61. The summed E-state index contributed by atoms with van der Waals surface area (Å²) in [6.45, 7) is 8.78. The maximum absolute atomic E-state index is 7.99. The van der Waals surface area contributed by atoms with E-state index < -0.39 is 0 Å². The van der Waals surface area contributed by atoms with E-state index in [4.69, 9.17) is 5.73 Å². The number of allylic oxidation sites excluding steroid dienone is 4. The first-order valence-electron chi connectivity index (χ1n) is 5.73. The van der Waals surface area contributed by atoms with Crippen molar-refractivity contribution in [2.45, 2.75) is 27.7 Å². The molecule has 1 N–H and O–H groups in total. The summed E-state index contributed by atoms with van der Waals surface area (Å²) in [5, 5.41) is 0. The molecule has 0 fully saturated rings. The minimum atomic E-state index is 0. The molecule has 0 saturated carbocycles. The SMILES string of the molecule is CC1=C(C)C(C)C(c2ccccc2[NH-])=C1C.Cl.Cl.[Zr]. The number of hydrogen-bond donors (Lipinski definition) is 0. The van der Waals surface area contributed by atoms with Gasteiger partial charge in [0.05, 0.1) is 0 Å². The van der Waals surface area contributed by atoms with Crippen molar-refractivity contribution in [3.63, 3.8) is 0 Å². The molecule has 4 heteroatoms. The van der Waals surface area contributed by atoms with E-state index in [1.165, 1.54) is 22.3 Å². The van der Waals surface area contributed by atoms with Gasteiger partial charge in [0, 0.05) is 32.1 Å². The van der Waals surface area contributed by atoms with Gasteiger partial charge in [0.25, 0.3) is 0 Å². The molecule has 1 aromatic rings. The minimum absolute atomic E-state index is 0. The van der Waals surface area contributed by atoms with Crippen LogP contribution in [0.3, 0.4) is 0 Å². The smallest absolute Gasteiger partial charge is 0.00310 e. The maximum atomic E-state index is 7.99. The van der Waals surface area contributed by atoms with Crippen molar-refractivity contribution >= 4 is 36.1 Å². The summed E-state index contributed by atoms with van der Waals surface area (Å²) in [6.07, 6.45) is 0. The van der Waals surface area contributed by atoms with Crippen LogP contribution in [-0.4, -0.2) is 0 Å². The Labute approximate surface area is 147 Å². The molecule has 2 rings (SSSR count). The van der Waals surface area contributed by atoms with Gasteiger partial charge in [-0.3, -0.25) is 0 Å². The van der Waals surface area contributed by atoms with Crippen molar-refractivity contribution in [1.29, 1.82) is 0 Å². The number of hydrogen-bond acceptors (Lipinski definition) is 0. The summed E-state index contributed by atoms with van der Waals surface area (Å²) in [5.41, 5.74) is 15.2. The maximum Gasteiger partial charge on any atom is 0.00310 e. The fourth-order valence-corrected chi connectivity index (χ4v) is 2.52. The number of nitrogens with one attached hydrogen (secondary N) is 1. The van der Waals surface area contributed by atoms with Crippen LogP contribution in [0, 0.1) is 5.92 Å². The fourth-order valence-electron chi connectivity index (χ4n) is 2.52. The molecule has 0 radical (unpaired) electrons. The molecular weight excluding hydrogens is 356 g/mol. The van der Waals surface area contributed by atoms with Crippen molar-refractivity contribution in [1.82, 2.24) is 0 Å². The Morgan fingerprint density at radius 1 is 0.947 bits per heavy atom. The molecule has 1 aromatic carbocycles. The average molecular weight is 376 g/mol. The molecule has 1 aliphatic carbocycles. The summed E-state index contributed by atoms with van der Waals surface area (Å²) >= 11 is 0. The van der Waals surface area contributed by atoms with Crippen LogP contribution in [0.1, 0.15) is 33.3 Å². The van der Waals surface area contributed by atoms with Gasteiger partial charge in [0.2, 0.25) is 0 Å². The van der Waals surface area contributed by atoms with Gasteiger partial charge in [-0.25, -0.2) is 0 Å². The third-order valence-corrected chi connectivity index (χ3v) is 3.86. The third-order valence-electron chi connectivity index (χ3n) is 3.86. The number of halogens is 2. The second-order valence-corrected chi connectivity index (χ2v) is 4.61. The molecule has 0 aromatic heterocycles. The van der Waals surface area contributed by atoms with Crippen LogP contribution in [0.15, 0.2) is 41.0 Å². The Hall–Kier alpha value is -0.0369. The van der Waals surface area contributed by atoms with Crippen LogP contribution in [0.5, 0.6) is 0 Å². The zero-order chi connectivity index (χ0) is 11.9. The van der Waals surface area contributed by atoms with Crippen LogP contribution in [0.2, 0.25) is 0 Å². The van der Waals surface area contributed by atoms with E-state index in [0.29, 0.717) is 11.6 Å². The van der Waals surface area contributed by atoms with Crippen LogP contribution >= 0.6 is 24.8 Å². The first-order valence-corrected chi connectivity index (χ1v) is 5.73. The van der Waals surface area contributed by atoms with E-state index in [2.05, 4.69) is 33.8 Å². The average Bonchev–Trinajstić information content (AvgIpc) is 2.45. The summed E-state index contributed by atoms with van der Waals surface area (Å²) in [6, 6.07) is 7.87. The molecule has 1 unspecified atom stereocenters. The molecule has 1 aliphatic rings. The predicted molar refractivity (Wildman–Crippen MR) is 85.1 cm³/mol. The van der Waals surface area contributed by atoms with Gasteiger partial charge in [-0.05, 0) is 43.1 Å². The minimum Gasteiger partial charge on any atom is -0.698 e. The number of rotatable bonds is 1. The fraction of sp³-hybridized carbons (Fsp3) is 0.333. The molecule has 0 spiro atoms. The van der Waals surface area contributed by atoms with Gasteiger partial charge in [0.15, 0.2) is 0 Å². The van der Waals surface area contributed by atoms with Gasteiger partial charge in [0.1, 0.15) is 0 Å². The Kier molecular flexibility index (Phi) is 9.28. The van der Waals surface area contributed by atoms with Crippen molar-refractivity contribution in [3.05, 3.63) is 52.3 Å². The van der Waals surface area contributed by atoms with E-state index in [0.717, 1.165) is 5.56 Å². The van der Waals surface area contributed by atoms with Gasteiger partial charge in [-0.1, -0.05) is 36.8 Å². The zero-order valence-electron chi connectivity index (χ0n) is 11.7. The quantitative estimate of drug-likeness (QED) is 0.576. The van der Waals surface area contributed by atoms with E-state index in [1.807, 2.05) is 18.2 Å². The molecule has 0 aliphatic heterocycles. The van der Waals surface area contributed by atoms with E-state index in [-0.39, 0.29) is 51.0 Å². The summed E-state index contributed by atoms with van der Waals surface area (Å²) in [4.78, 5) is 0. The van der Waals surface area contributed by atoms with Crippen LogP contribution < -0.4 is 0 Å². The molecule has 0 saturated heterocycles. The van der Waals surface area contributed by atoms with Gasteiger partial charge in [-0.2, -0.15) is 0 Å². The first-order chi connectivity index (χ1) is 7.54. The molecule has 0 bridgehead atoms. The molecule has 19 heavy (non-hydrogen) atoms. The van der Waals surface area contributed by atoms with Crippen LogP contribution in [-0.2, 0) is 26.2 Å². The van der Waals surface area contributed by atoms with Crippen molar-refractivity contribution in [2.75, 3.05) is 0 Å². The summed E-state index contributed by atoms with van der Waals surface area (Å²) in [7, 11) is 0. The first kappa shape index (κ1) is 21.3. The topological polar surface area (TPSA) is 23.8 Å². The number of benzene rings is 1. The molecular formula is C15H20Cl2NZr-. The Morgan fingerprint density at radius 2 is 1.47 bits per heavy atom. The van der Waals surface area contributed by atoms with Gasteiger partial charge in [-0.15, -0.1) is 30.5 Å². The molecule has 1 atom stereocenters. The Morgan fingerprint density at radius 3 is 1.89 bits per heavy atom.